The Hall–Kier alpha value is -3.38. The van der Waals surface area contributed by atoms with Crippen LogP contribution in [-0.4, -0.2) is 17.4 Å². The van der Waals surface area contributed by atoms with E-state index in [1.54, 1.807) is 30.3 Å². The second-order valence-electron chi connectivity index (χ2n) is 6.64. The lowest BCUT2D eigenvalue weighted by molar-refractivity contribution is 0.307. The van der Waals surface area contributed by atoms with Crippen molar-refractivity contribution in [2.45, 2.75) is 18.4 Å². The SMILES string of the molecule is Cc1ccc(COc2ccccc2-c2nccn2S(=O)(=O)c2ccccc2)cc1. The number of ether oxygens (including phenoxy) is 1. The first-order valence-electron chi connectivity index (χ1n) is 9.17. The van der Waals surface area contributed by atoms with Crippen molar-refractivity contribution in [1.29, 1.82) is 0 Å². The molecule has 29 heavy (non-hydrogen) atoms. The molecular weight excluding hydrogens is 384 g/mol. The van der Waals surface area contributed by atoms with Gasteiger partial charge in [0.2, 0.25) is 0 Å². The van der Waals surface area contributed by atoms with Gasteiger partial charge < -0.3 is 4.74 Å². The van der Waals surface area contributed by atoms with Crippen molar-refractivity contribution in [2.75, 3.05) is 0 Å². The van der Waals surface area contributed by atoms with E-state index >= 15 is 0 Å². The zero-order valence-electron chi connectivity index (χ0n) is 15.9. The van der Waals surface area contributed by atoms with Crippen molar-refractivity contribution in [1.82, 2.24) is 8.96 Å². The minimum atomic E-state index is -3.76. The molecule has 0 atom stereocenters. The van der Waals surface area contributed by atoms with E-state index in [0.29, 0.717) is 23.7 Å². The molecule has 1 aromatic heterocycles. The number of imidazole rings is 1. The van der Waals surface area contributed by atoms with Crippen LogP contribution in [0.5, 0.6) is 5.75 Å². The first-order chi connectivity index (χ1) is 14.1. The average Bonchev–Trinajstić information content (AvgIpc) is 3.25. The van der Waals surface area contributed by atoms with Gasteiger partial charge in [0, 0.05) is 12.4 Å². The van der Waals surface area contributed by atoms with Gasteiger partial charge in [0.05, 0.1) is 10.5 Å². The summed E-state index contributed by atoms with van der Waals surface area (Å²) in [7, 11) is -3.76. The van der Waals surface area contributed by atoms with E-state index in [-0.39, 0.29) is 4.90 Å². The Morgan fingerprint density at radius 1 is 0.897 bits per heavy atom. The summed E-state index contributed by atoms with van der Waals surface area (Å²) in [5.74, 6) is 0.886. The molecule has 3 aromatic carbocycles. The fourth-order valence-corrected chi connectivity index (χ4v) is 4.32. The standard InChI is InChI=1S/C23H20N2O3S/c1-18-11-13-19(14-12-18)17-28-22-10-6-5-9-21(22)23-24-15-16-25(23)29(26,27)20-7-3-2-4-8-20/h2-16H,17H2,1H3. The molecule has 0 N–H and O–H groups in total. The van der Waals surface area contributed by atoms with E-state index in [2.05, 4.69) is 4.98 Å². The predicted molar refractivity (Wildman–Crippen MR) is 112 cm³/mol. The second kappa shape index (κ2) is 7.93. The molecule has 0 saturated heterocycles. The third-order valence-electron chi connectivity index (χ3n) is 4.55. The van der Waals surface area contributed by atoms with E-state index in [1.165, 1.54) is 21.9 Å². The molecule has 6 heteroatoms. The fraction of sp³-hybridized carbons (Fsp3) is 0.0870. The van der Waals surface area contributed by atoms with Crippen LogP contribution < -0.4 is 4.74 Å². The van der Waals surface area contributed by atoms with Crippen LogP contribution in [0.4, 0.5) is 0 Å². The molecule has 5 nitrogen and oxygen atoms in total. The Morgan fingerprint density at radius 3 is 2.34 bits per heavy atom. The molecule has 0 aliphatic heterocycles. The molecule has 0 unspecified atom stereocenters. The Balaban J connectivity index is 1.69. The summed E-state index contributed by atoms with van der Waals surface area (Å²) in [5, 5.41) is 0. The Morgan fingerprint density at radius 2 is 1.59 bits per heavy atom. The van der Waals surface area contributed by atoms with E-state index in [9.17, 15) is 8.42 Å². The molecule has 0 fully saturated rings. The third-order valence-corrected chi connectivity index (χ3v) is 6.23. The highest BCUT2D eigenvalue weighted by Crippen LogP contribution is 2.31. The van der Waals surface area contributed by atoms with Crippen LogP contribution in [0, 0.1) is 6.92 Å². The van der Waals surface area contributed by atoms with Crippen molar-refractivity contribution in [3.63, 3.8) is 0 Å². The topological polar surface area (TPSA) is 61.2 Å². The Kier molecular flexibility index (Phi) is 5.18. The molecule has 0 saturated carbocycles. The number of hydrogen-bond acceptors (Lipinski definition) is 4. The maximum atomic E-state index is 13.1. The minimum Gasteiger partial charge on any atom is -0.488 e. The highest BCUT2D eigenvalue weighted by atomic mass is 32.2. The lowest BCUT2D eigenvalue weighted by atomic mass is 10.1. The van der Waals surface area contributed by atoms with Crippen LogP contribution in [0.3, 0.4) is 0 Å². The van der Waals surface area contributed by atoms with E-state index in [1.807, 2.05) is 55.5 Å². The van der Waals surface area contributed by atoms with Crippen LogP contribution in [0.25, 0.3) is 11.4 Å². The molecule has 4 aromatic rings. The van der Waals surface area contributed by atoms with Crippen LogP contribution in [-0.2, 0) is 16.6 Å². The van der Waals surface area contributed by atoms with Gasteiger partial charge in [0.1, 0.15) is 12.4 Å². The van der Waals surface area contributed by atoms with Crippen LogP contribution in [0.15, 0.2) is 96.2 Å². The minimum absolute atomic E-state index is 0.206. The summed E-state index contributed by atoms with van der Waals surface area (Å²) in [6, 6.07) is 23.7. The van der Waals surface area contributed by atoms with Crippen molar-refractivity contribution in [3.8, 4) is 17.1 Å². The predicted octanol–water partition coefficient (Wildman–Crippen LogP) is 4.67. The maximum absolute atomic E-state index is 13.1. The first-order valence-corrected chi connectivity index (χ1v) is 10.6. The number of aryl methyl sites for hydroxylation is 1. The normalized spacial score (nSPS) is 11.3. The number of aromatic nitrogens is 2. The van der Waals surface area contributed by atoms with Crippen molar-refractivity contribution < 1.29 is 13.2 Å². The van der Waals surface area contributed by atoms with Gasteiger partial charge in [0.25, 0.3) is 10.0 Å². The quantitative estimate of drug-likeness (QED) is 0.468. The number of para-hydroxylation sites is 1. The van der Waals surface area contributed by atoms with Gasteiger partial charge in [-0.05, 0) is 36.8 Å². The summed E-state index contributed by atoms with van der Waals surface area (Å²) < 4.78 is 33.4. The van der Waals surface area contributed by atoms with Gasteiger partial charge in [0.15, 0.2) is 5.82 Å². The fourth-order valence-electron chi connectivity index (χ4n) is 3.00. The molecule has 0 spiro atoms. The van der Waals surface area contributed by atoms with Crippen molar-refractivity contribution in [3.05, 3.63) is 102 Å². The summed E-state index contributed by atoms with van der Waals surface area (Å²) >= 11 is 0. The largest absolute Gasteiger partial charge is 0.488 e. The number of rotatable bonds is 6. The first kappa shape index (κ1) is 19.0. The smallest absolute Gasteiger partial charge is 0.269 e. The van der Waals surface area contributed by atoms with Crippen molar-refractivity contribution >= 4 is 10.0 Å². The number of nitrogens with zero attached hydrogens (tertiary/aromatic N) is 2. The van der Waals surface area contributed by atoms with Crippen molar-refractivity contribution in [2.24, 2.45) is 0 Å². The second-order valence-corrected chi connectivity index (χ2v) is 8.45. The van der Waals surface area contributed by atoms with Gasteiger partial charge >= 0.3 is 0 Å². The molecule has 0 radical (unpaired) electrons. The molecule has 146 valence electrons. The van der Waals surface area contributed by atoms with Crippen LogP contribution >= 0.6 is 0 Å². The maximum Gasteiger partial charge on any atom is 0.269 e. The van der Waals surface area contributed by atoms with Crippen LogP contribution in [0.2, 0.25) is 0 Å². The Bertz CT molecular complexity index is 1210. The lowest BCUT2D eigenvalue weighted by Crippen LogP contribution is -2.13. The molecular formula is C23H20N2O3S. The molecule has 0 amide bonds. The summed E-state index contributed by atoms with van der Waals surface area (Å²) in [4.78, 5) is 4.52. The monoisotopic (exact) mass is 404 g/mol. The van der Waals surface area contributed by atoms with Gasteiger partial charge in [-0.25, -0.2) is 17.4 Å². The third kappa shape index (κ3) is 3.93. The molecule has 0 aliphatic carbocycles. The van der Waals surface area contributed by atoms with Gasteiger partial charge in [-0.3, -0.25) is 0 Å². The summed E-state index contributed by atoms with van der Waals surface area (Å²) in [6.45, 7) is 2.41. The van der Waals surface area contributed by atoms with Gasteiger partial charge in [-0.15, -0.1) is 0 Å². The van der Waals surface area contributed by atoms with Gasteiger partial charge in [-0.2, -0.15) is 0 Å². The van der Waals surface area contributed by atoms with E-state index < -0.39 is 10.0 Å². The van der Waals surface area contributed by atoms with E-state index in [4.69, 9.17) is 4.74 Å². The van der Waals surface area contributed by atoms with Gasteiger partial charge in [-0.1, -0.05) is 60.2 Å². The molecule has 1 heterocycles. The summed E-state index contributed by atoms with van der Waals surface area (Å²) in [6.07, 6.45) is 2.93. The zero-order chi connectivity index (χ0) is 20.3. The average molecular weight is 404 g/mol. The number of hydrogen-bond donors (Lipinski definition) is 0. The highest BCUT2D eigenvalue weighted by molar-refractivity contribution is 7.90. The molecule has 0 aliphatic rings. The van der Waals surface area contributed by atoms with Crippen LogP contribution in [0.1, 0.15) is 11.1 Å². The van der Waals surface area contributed by atoms with E-state index in [0.717, 1.165) is 5.56 Å². The number of benzene rings is 3. The highest BCUT2D eigenvalue weighted by Gasteiger charge is 2.22. The zero-order valence-corrected chi connectivity index (χ0v) is 16.7. The molecule has 4 rings (SSSR count). The molecule has 0 bridgehead atoms. The lowest BCUT2D eigenvalue weighted by Gasteiger charge is -2.13. The summed E-state index contributed by atoms with van der Waals surface area (Å²) in [5.41, 5.74) is 2.83. The Labute approximate surface area is 170 Å².